The molecule has 0 bridgehead atoms. The first-order valence-corrected chi connectivity index (χ1v) is 7.84. The van der Waals surface area contributed by atoms with Crippen LogP contribution in [0.2, 0.25) is 0 Å². The summed E-state index contributed by atoms with van der Waals surface area (Å²) in [6.45, 7) is 9.59. The lowest BCUT2D eigenvalue weighted by molar-refractivity contribution is -0.133. The van der Waals surface area contributed by atoms with E-state index in [2.05, 4.69) is 17.2 Å². The minimum Gasteiger partial charge on any atom is -0.349 e. The average molecular weight is 304 g/mol. The molecule has 2 rings (SSSR count). The molecule has 1 atom stereocenters. The van der Waals surface area contributed by atoms with Gasteiger partial charge in [0.2, 0.25) is 5.91 Å². The molecule has 2 N–H and O–H groups in total. The molecule has 1 fully saturated rings. The monoisotopic (exact) mass is 304 g/mol. The third-order valence-electron chi connectivity index (χ3n) is 4.40. The van der Waals surface area contributed by atoms with E-state index < -0.39 is 0 Å². The topological polar surface area (TPSA) is 41.1 Å². The van der Waals surface area contributed by atoms with Crippen LogP contribution in [-0.2, 0) is 4.79 Å². The highest BCUT2D eigenvalue weighted by Gasteiger charge is 2.39. The summed E-state index contributed by atoms with van der Waals surface area (Å²) in [5.74, 6) is -0.187. The molecule has 1 aliphatic rings. The van der Waals surface area contributed by atoms with Crippen molar-refractivity contribution in [3.05, 3.63) is 47.8 Å². The second-order valence-electron chi connectivity index (χ2n) is 6.41. The van der Waals surface area contributed by atoms with E-state index in [0.29, 0.717) is 0 Å². The Labute approximate surface area is 132 Å². The van der Waals surface area contributed by atoms with Crippen molar-refractivity contribution in [1.29, 1.82) is 0 Å². The number of hydrogen-bond donors (Lipinski definition) is 2. The van der Waals surface area contributed by atoms with Gasteiger partial charge in [0.25, 0.3) is 0 Å². The summed E-state index contributed by atoms with van der Waals surface area (Å²) >= 11 is 0. The molecule has 1 amide bonds. The molecule has 1 heterocycles. The van der Waals surface area contributed by atoms with E-state index in [-0.39, 0.29) is 23.2 Å². The van der Waals surface area contributed by atoms with Crippen LogP contribution in [0.4, 0.5) is 4.39 Å². The standard InChI is InChI=1S/C18H25FN2O/c1-13(2)12-18(8-10-20-11-9-18)17(22)21-14(3)15-4-6-16(19)7-5-15/h4-7,14,20H,1,8-12H2,2-3H3,(H,21,22). The Bertz CT molecular complexity index is 533. The summed E-state index contributed by atoms with van der Waals surface area (Å²) in [6.07, 6.45) is 2.36. The molecule has 1 unspecified atom stereocenters. The van der Waals surface area contributed by atoms with Crippen molar-refractivity contribution in [3.8, 4) is 0 Å². The van der Waals surface area contributed by atoms with Gasteiger partial charge in [-0.3, -0.25) is 4.79 Å². The van der Waals surface area contributed by atoms with Crippen LogP contribution in [0.5, 0.6) is 0 Å². The molecule has 0 saturated carbocycles. The fourth-order valence-corrected chi connectivity index (χ4v) is 3.15. The number of nitrogens with one attached hydrogen (secondary N) is 2. The third kappa shape index (κ3) is 3.95. The molecule has 1 saturated heterocycles. The molecule has 120 valence electrons. The van der Waals surface area contributed by atoms with Crippen molar-refractivity contribution in [2.24, 2.45) is 5.41 Å². The lowest BCUT2D eigenvalue weighted by Gasteiger charge is -2.37. The average Bonchev–Trinajstić information content (AvgIpc) is 2.48. The molecule has 3 nitrogen and oxygen atoms in total. The Morgan fingerprint density at radius 3 is 2.50 bits per heavy atom. The Hall–Kier alpha value is -1.68. The highest BCUT2D eigenvalue weighted by Crippen LogP contribution is 2.36. The maximum absolute atomic E-state index is 13.0. The van der Waals surface area contributed by atoms with Crippen molar-refractivity contribution < 1.29 is 9.18 Å². The highest BCUT2D eigenvalue weighted by molar-refractivity contribution is 5.83. The largest absolute Gasteiger partial charge is 0.349 e. The maximum atomic E-state index is 13.0. The maximum Gasteiger partial charge on any atom is 0.227 e. The minimum absolute atomic E-state index is 0.0776. The summed E-state index contributed by atoms with van der Waals surface area (Å²) in [4.78, 5) is 12.9. The van der Waals surface area contributed by atoms with Crippen LogP contribution in [0.1, 0.15) is 44.7 Å². The zero-order valence-corrected chi connectivity index (χ0v) is 13.4. The molecule has 1 aromatic carbocycles. The number of rotatable bonds is 5. The number of halogens is 1. The molecule has 0 spiro atoms. The van der Waals surface area contributed by atoms with Gasteiger partial charge in [-0.25, -0.2) is 4.39 Å². The lowest BCUT2D eigenvalue weighted by atomic mass is 9.73. The summed E-state index contributed by atoms with van der Waals surface area (Å²) in [5, 5.41) is 6.41. The van der Waals surface area contributed by atoms with Gasteiger partial charge in [-0.15, -0.1) is 6.58 Å². The zero-order chi connectivity index (χ0) is 16.2. The van der Waals surface area contributed by atoms with E-state index in [4.69, 9.17) is 0 Å². The van der Waals surface area contributed by atoms with Crippen LogP contribution in [0.25, 0.3) is 0 Å². The van der Waals surface area contributed by atoms with Gasteiger partial charge >= 0.3 is 0 Å². The van der Waals surface area contributed by atoms with Gasteiger partial charge in [0, 0.05) is 0 Å². The van der Waals surface area contributed by atoms with Crippen LogP contribution in [0.3, 0.4) is 0 Å². The number of benzene rings is 1. The Balaban J connectivity index is 2.10. The van der Waals surface area contributed by atoms with Crippen LogP contribution in [0, 0.1) is 11.2 Å². The number of hydrogen-bond acceptors (Lipinski definition) is 2. The van der Waals surface area contributed by atoms with Crippen LogP contribution >= 0.6 is 0 Å². The summed E-state index contributed by atoms with van der Waals surface area (Å²) in [5.41, 5.74) is 1.58. The number of allylic oxidation sites excluding steroid dienone is 1. The first kappa shape index (κ1) is 16.7. The van der Waals surface area contributed by atoms with Crippen molar-refractivity contribution in [2.45, 2.75) is 39.2 Å². The fourth-order valence-electron chi connectivity index (χ4n) is 3.15. The Morgan fingerprint density at radius 1 is 1.36 bits per heavy atom. The number of piperidine rings is 1. The molecule has 1 aliphatic heterocycles. The molecule has 4 heteroatoms. The number of carbonyl (C=O) groups is 1. The molecule has 0 aromatic heterocycles. The lowest BCUT2D eigenvalue weighted by Crippen LogP contribution is -2.48. The SMILES string of the molecule is C=C(C)CC1(C(=O)NC(C)c2ccc(F)cc2)CCNCC1. The molecular formula is C18H25FN2O. The van der Waals surface area contributed by atoms with E-state index in [1.54, 1.807) is 12.1 Å². The van der Waals surface area contributed by atoms with Crippen LogP contribution < -0.4 is 10.6 Å². The van der Waals surface area contributed by atoms with E-state index in [9.17, 15) is 9.18 Å². The van der Waals surface area contributed by atoms with Crippen molar-refractivity contribution in [3.63, 3.8) is 0 Å². The molecule has 1 aromatic rings. The van der Waals surface area contributed by atoms with Gasteiger partial charge in [-0.1, -0.05) is 17.7 Å². The first-order chi connectivity index (χ1) is 10.4. The smallest absolute Gasteiger partial charge is 0.227 e. The predicted octanol–water partition coefficient (Wildman–Crippen LogP) is 3.34. The number of amides is 1. The van der Waals surface area contributed by atoms with E-state index in [1.807, 2.05) is 13.8 Å². The van der Waals surface area contributed by atoms with Gasteiger partial charge in [0.15, 0.2) is 0 Å². The summed E-state index contributed by atoms with van der Waals surface area (Å²) < 4.78 is 13.0. The molecule has 22 heavy (non-hydrogen) atoms. The first-order valence-electron chi connectivity index (χ1n) is 7.84. The summed E-state index contributed by atoms with van der Waals surface area (Å²) in [6, 6.07) is 6.14. The van der Waals surface area contributed by atoms with Gasteiger partial charge in [0.1, 0.15) is 5.82 Å². The van der Waals surface area contributed by atoms with Crippen LogP contribution in [-0.4, -0.2) is 19.0 Å². The fraction of sp³-hybridized carbons (Fsp3) is 0.500. The quantitative estimate of drug-likeness (QED) is 0.819. The zero-order valence-electron chi connectivity index (χ0n) is 13.4. The van der Waals surface area contributed by atoms with E-state index in [0.717, 1.165) is 43.5 Å². The summed E-state index contributed by atoms with van der Waals surface area (Å²) in [7, 11) is 0. The second kappa shape index (κ2) is 7.05. The molecule has 0 aliphatic carbocycles. The van der Waals surface area contributed by atoms with Gasteiger partial charge in [-0.2, -0.15) is 0 Å². The van der Waals surface area contributed by atoms with E-state index in [1.165, 1.54) is 12.1 Å². The Morgan fingerprint density at radius 2 is 1.95 bits per heavy atom. The minimum atomic E-state index is -0.370. The van der Waals surface area contributed by atoms with Gasteiger partial charge < -0.3 is 10.6 Å². The van der Waals surface area contributed by atoms with Gasteiger partial charge in [-0.05, 0) is 63.9 Å². The third-order valence-corrected chi connectivity index (χ3v) is 4.40. The normalized spacial score (nSPS) is 18.5. The van der Waals surface area contributed by atoms with Gasteiger partial charge in [0.05, 0.1) is 11.5 Å². The highest BCUT2D eigenvalue weighted by atomic mass is 19.1. The predicted molar refractivity (Wildman–Crippen MR) is 86.9 cm³/mol. The van der Waals surface area contributed by atoms with E-state index >= 15 is 0 Å². The van der Waals surface area contributed by atoms with Crippen molar-refractivity contribution >= 4 is 5.91 Å². The second-order valence-corrected chi connectivity index (χ2v) is 6.41. The molecule has 0 radical (unpaired) electrons. The van der Waals surface area contributed by atoms with Crippen molar-refractivity contribution in [2.75, 3.05) is 13.1 Å². The number of carbonyl (C=O) groups excluding carboxylic acids is 1. The van der Waals surface area contributed by atoms with Crippen molar-refractivity contribution in [1.82, 2.24) is 10.6 Å². The van der Waals surface area contributed by atoms with Crippen LogP contribution in [0.15, 0.2) is 36.4 Å². The Kier molecular flexibility index (Phi) is 5.35. The molecular weight excluding hydrogens is 279 g/mol.